The van der Waals surface area contributed by atoms with Crippen molar-refractivity contribution in [2.75, 3.05) is 0 Å². The van der Waals surface area contributed by atoms with E-state index in [1.165, 1.54) is 5.39 Å². The normalized spacial score (nSPS) is 18.7. The van der Waals surface area contributed by atoms with Crippen LogP contribution in [-0.2, 0) is 11.6 Å². The molecular formula is C23H18NOP. The molecule has 4 aromatic rings. The van der Waals surface area contributed by atoms with Crippen molar-refractivity contribution in [3.05, 3.63) is 96.2 Å². The van der Waals surface area contributed by atoms with Crippen molar-refractivity contribution < 1.29 is 4.57 Å². The molecule has 1 aliphatic heterocycles. The van der Waals surface area contributed by atoms with Gasteiger partial charge in [-0.1, -0.05) is 72.8 Å². The molecule has 0 saturated heterocycles. The minimum absolute atomic E-state index is 0.890. The highest BCUT2D eigenvalue weighted by molar-refractivity contribution is 7.88. The van der Waals surface area contributed by atoms with E-state index in [-0.39, 0.29) is 0 Å². The second kappa shape index (κ2) is 5.59. The summed E-state index contributed by atoms with van der Waals surface area (Å²) in [4.78, 5) is 0. The fourth-order valence-electron chi connectivity index (χ4n) is 3.95. The van der Waals surface area contributed by atoms with Gasteiger partial charge in [0.15, 0.2) is 7.14 Å². The molecule has 0 spiro atoms. The van der Waals surface area contributed by atoms with Crippen LogP contribution in [0.5, 0.6) is 0 Å². The van der Waals surface area contributed by atoms with Crippen LogP contribution in [0.1, 0.15) is 11.3 Å². The van der Waals surface area contributed by atoms with Crippen LogP contribution in [0.15, 0.2) is 84.9 Å². The second-order valence-electron chi connectivity index (χ2n) is 6.68. The molecule has 0 radical (unpaired) electrons. The lowest BCUT2D eigenvalue weighted by atomic mass is 10.2. The van der Waals surface area contributed by atoms with E-state index >= 15 is 0 Å². The average Bonchev–Trinajstić information content (AvgIpc) is 3.18. The molecule has 0 amide bonds. The summed E-state index contributed by atoms with van der Waals surface area (Å²) in [5.74, 6) is 0. The summed E-state index contributed by atoms with van der Waals surface area (Å²) in [5, 5.41) is 3.91. The maximum absolute atomic E-state index is 14.5. The van der Waals surface area contributed by atoms with Crippen LogP contribution in [0.3, 0.4) is 0 Å². The van der Waals surface area contributed by atoms with Crippen molar-refractivity contribution in [2.24, 2.45) is 7.05 Å². The summed E-state index contributed by atoms with van der Waals surface area (Å²) in [7, 11) is -0.834. The molecule has 1 aromatic heterocycles. The van der Waals surface area contributed by atoms with Gasteiger partial charge in [0.2, 0.25) is 0 Å². The lowest BCUT2D eigenvalue weighted by Gasteiger charge is -2.19. The van der Waals surface area contributed by atoms with Crippen LogP contribution in [-0.4, -0.2) is 4.57 Å². The van der Waals surface area contributed by atoms with Crippen molar-refractivity contribution in [3.8, 4) is 0 Å². The molecule has 126 valence electrons. The summed E-state index contributed by atoms with van der Waals surface area (Å²) in [6, 6.07) is 28.4. The monoisotopic (exact) mass is 355 g/mol. The number of para-hydroxylation sites is 1. The van der Waals surface area contributed by atoms with Gasteiger partial charge in [-0.25, -0.2) is 0 Å². The number of fused-ring (bicyclic) bond motifs is 2. The van der Waals surface area contributed by atoms with Gasteiger partial charge in [-0.3, -0.25) is 0 Å². The van der Waals surface area contributed by atoms with Gasteiger partial charge in [-0.05, 0) is 23.8 Å². The van der Waals surface area contributed by atoms with Crippen molar-refractivity contribution in [3.63, 3.8) is 0 Å². The Morgan fingerprint density at radius 3 is 2.31 bits per heavy atom. The third kappa shape index (κ3) is 2.03. The summed E-state index contributed by atoms with van der Waals surface area (Å²) in [6.07, 6.45) is 2.11. The predicted molar refractivity (Wildman–Crippen MR) is 111 cm³/mol. The molecule has 0 N–H and O–H groups in total. The highest BCUT2D eigenvalue weighted by atomic mass is 31.2. The van der Waals surface area contributed by atoms with Gasteiger partial charge in [0, 0.05) is 33.9 Å². The fourth-order valence-corrected chi connectivity index (χ4v) is 7.01. The summed E-state index contributed by atoms with van der Waals surface area (Å²) in [6.45, 7) is 0. The van der Waals surface area contributed by atoms with E-state index in [0.29, 0.717) is 0 Å². The smallest absolute Gasteiger partial charge is 0.173 e. The van der Waals surface area contributed by atoms with Crippen molar-refractivity contribution in [1.82, 2.24) is 4.57 Å². The first-order chi connectivity index (χ1) is 12.7. The topological polar surface area (TPSA) is 22.0 Å². The molecule has 0 bridgehead atoms. The Kier molecular flexibility index (Phi) is 3.32. The van der Waals surface area contributed by atoms with E-state index in [1.807, 2.05) is 60.7 Å². The van der Waals surface area contributed by atoms with Gasteiger partial charge in [-0.15, -0.1) is 0 Å². The standard InChI is InChI=1S/C23H18NOP/c1-24-20-13-7-5-9-17(20)15-21(24)23-16-18-10-6-8-14-22(18)26(23,25)19-11-3-2-4-12-19/h2-16H,1H3. The number of aromatic nitrogens is 1. The number of aryl methyl sites for hydroxylation is 1. The Bertz CT molecular complexity index is 1220. The number of hydrogen-bond donors (Lipinski definition) is 0. The molecule has 2 nitrogen and oxygen atoms in total. The maximum Gasteiger partial charge on any atom is 0.173 e. The first-order valence-corrected chi connectivity index (χ1v) is 10.4. The summed E-state index contributed by atoms with van der Waals surface area (Å²) in [5.41, 5.74) is 3.23. The van der Waals surface area contributed by atoms with Gasteiger partial charge in [0.25, 0.3) is 0 Å². The Balaban J connectivity index is 1.83. The SMILES string of the molecule is Cn1c(C2=Cc3ccccc3P2(=O)c2ccccc2)cc2ccccc21. The van der Waals surface area contributed by atoms with Crippen LogP contribution in [0.25, 0.3) is 22.3 Å². The van der Waals surface area contributed by atoms with Gasteiger partial charge >= 0.3 is 0 Å². The predicted octanol–water partition coefficient (Wildman–Crippen LogP) is 5.00. The van der Waals surface area contributed by atoms with Gasteiger partial charge < -0.3 is 9.13 Å². The Morgan fingerprint density at radius 1 is 0.808 bits per heavy atom. The van der Waals surface area contributed by atoms with Crippen LogP contribution >= 0.6 is 7.14 Å². The van der Waals surface area contributed by atoms with Crippen LogP contribution in [0, 0.1) is 0 Å². The number of hydrogen-bond acceptors (Lipinski definition) is 1. The lowest BCUT2D eigenvalue weighted by Crippen LogP contribution is -2.15. The largest absolute Gasteiger partial charge is 0.343 e. The van der Waals surface area contributed by atoms with E-state index < -0.39 is 7.14 Å². The molecule has 1 unspecified atom stereocenters. The molecule has 26 heavy (non-hydrogen) atoms. The van der Waals surface area contributed by atoms with Crippen molar-refractivity contribution >= 4 is 40.0 Å². The molecule has 2 heterocycles. The van der Waals surface area contributed by atoms with E-state index in [1.54, 1.807) is 0 Å². The van der Waals surface area contributed by atoms with Gasteiger partial charge in [0.05, 0.1) is 5.69 Å². The lowest BCUT2D eigenvalue weighted by molar-refractivity contribution is 0.593. The fraction of sp³-hybridized carbons (Fsp3) is 0.0435. The quantitative estimate of drug-likeness (QED) is 0.464. The molecule has 0 aliphatic carbocycles. The minimum atomic E-state index is -2.89. The van der Waals surface area contributed by atoms with E-state index in [9.17, 15) is 4.57 Å². The Morgan fingerprint density at radius 2 is 1.50 bits per heavy atom. The first-order valence-electron chi connectivity index (χ1n) is 8.72. The molecule has 3 aromatic carbocycles. The zero-order valence-corrected chi connectivity index (χ0v) is 15.4. The molecule has 0 saturated carbocycles. The van der Waals surface area contributed by atoms with Gasteiger partial charge in [-0.2, -0.15) is 0 Å². The second-order valence-corrected chi connectivity index (χ2v) is 9.38. The summed E-state index contributed by atoms with van der Waals surface area (Å²) >= 11 is 0. The Hall–Kier alpha value is -2.83. The third-order valence-electron chi connectivity index (χ3n) is 5.24. The van der Waals surface area contributed by atoms with E-state index in [0.717, 1.165) is 32.7 Å². The highest BCUT2D eigenvalue weighted by Gasteiger charge is 2.39. The van der Waals surface area contributed by atoms with Gasteiger partial charge in [0.1, 0.15) is 0 Å². The maximum atomic E-state index is 14.5. The van der Waals surface area contributed by atoms with E-state index in [4.69, 9.17) is 0 Å². The van der Waals surface area contributed by atoms with Crippen LogP contribution in [0.4, 0.5) is 0 Å². The minimum Gasteiger partial charge on any atom is -0.343 e. The molecule has 3 heteroatoms. The Labute approximate surface area is 152 Å². The number of benzene rings is 3. The summed E-state index contributed by atoms with van der Waals surface area (Å²) < 4.78 is 16.7. The zero-order valence-electron chi connectivity index (χ0n) is 14.5. The number of nitrogens with zero attached hydrogens (tertiary/aromatic N) is 1. The van der Waals surface area contributed by atoms with Crippen molar-refractivity contribution in [1.29, 1.82) is 0 Å². The average molecular weight is 355 g/mol. The number of rotatable bonds is 2. The van der Waals surface area contributed by atoms with E-state index in [2.05, 4.69) is 42.0 Å². The van der Waals surface area contributed by atoms with Crippen LogP contribution < -0.4 is 10.6 Å². The third-order valence-corrected chi connectivity index (χ3v) is 8.39. The van der Waals surface area contributed by atoms with Crippen LogP contribution in [0.2, 0.25) is 0 Å². The van der Waals surface area contributed by atoms with Crippen molar-refractivity contribution in [2.45, 2.75) is 0 Å². The molecular weight excluding hydrogens is 337 g/mol. The molecule has 5 rings (SSSR count). The molecule has 0 fully saturated rings. The first kappa shape index (κ1) is 15.4. The molecule has 1 aliphatic rings. The highest BCUT2D eigenvalue weighted by Crippen LogP contribution is 2.61. The zero-order chi connectivity index (χ0) is 17.7. The molecule has 1 atom stereocenters.